The van der Waals surface area contributed by atoms with Crippen LogP contribution in [0.5, 0.6) is 0 Å². The summed E-state index contributed by atoms with van der Waals surface area (Å²) in [6.45, 7) is 5.03. The van der Waals surface area contributed by atoms with Gasteiger partial charge in [-0.1, -0.05) is 26.7 Å². The Morgan fingerprint density at radius 3 is 2.48 bits per heavy atom. The molecule has 3 fully saturated rings. The van der Waals surface area contributed by atoms with Crippen LogP contribution in [0, 0.1) is 11.3 Å². The topological polar surface area (TPSA) is 79.8 Å². The number of hydrogen-bond acceptors (Lipinski definition) is 4. The summed E-state index contributed by atoms with van der Waals surface area (Å²) in [4.78, 5) is 4.76. The molecule has 1 aliphatic heterocycles. The standard InChI is InChI=1S/C18H33N3O3S/c1-18(2)15(10-16(18)24-3)21-17(20-14-6-4-5-7-14)19-11-13-8-9-25(22,23)12-13/h13-16H,4-12H2,1-3H3,(H2,19,20,21). The van der Waals surface area contributed by atoms with E-state index >= 15 is 0 Å². The maximum absolute atomic E-state index is 11.7. The van der Waals surface area contributed by atoms with E-state index in [4.69, 9.17) is 9.73 Å². The van der Waals surface area contributed by atoms with Gasteiger partial charge in [-0.3, -0.25) is 4.99 Å². The van der Waals surface area contributed by atoms with Gasteiger partial charge in [0, 0.05) is 31.2 Å². The Balaban J connectivity index is 1.62. The lowest BCUT2D eigenvalue weighted by Crippen LogP contribution is -2.63. The minimum atomic E-state index is -2.84. The van der Waals surface area contributed by atoms with E-state index in [2.05, 4.69) is 24.5 Å². The van der Waals surface area contributed by atoms with E-state index < -0.39 is 9.84 Å². The molecular weight excluding hydrogens is 338 g/mol. The molecule has 0 amide bonds. The molecule has 3 rings (SSSR count). The van der Waals surface area contributed by atoms with Crippen molar-refractivity contribution in [2.45, 2.75) is 70.6 Å². The quantitative estimate of drug-likeness (QED) is 0.568. The zero-order chi connectivity index (χ0) is 18.1. The van der Waals surface area contributed by atoms with E-state index in [0.717, 1.165) is 18.8 Å². The molecule has 7 heteroatoms. The van der Waals surface area contributed by atoms with Gasteiger partial charge in [0.1, 0.15) is 0 Å². The van der Waals surface area contributed by atoms with Crippen LogP contribution in [0.2, 0.25) is 0 Å². The van der Waals surface area contributed by atoms with Gasteiger partial charge in [-0.25, -0.2) is 8.42 Å². The number of sulfone groups is 1. The first-order valence-electron chi connectivity index (χ1n) is 9.61. The Kier molecular flexibility index (Phi) is 5.63. The summed E-state index contributed by atoms with van der Waals surface area (Å²) in [5.41, 5.74) is 0.0730. The van der Waals surface area contributed by atoms with Crippen LogP contribution >= 0.6 is 0 Å². The molecule has 2 aliphatic carbocycles. The third kappa shape index (κ3) is 4.48. The summed E-state index contributed by atoms with van der Waals surface area (Å²) in [6.07, 6.45) is 6.91. The average molecular weight is 372 g/mol. The lowest BCUT2D eigenvalue weighted by molar-refractivity contribution is -0.0923. The van der Waals surface area contributed by atoms with Crippen molar-refractivity contribution in [2.75, 3.05) is 25.2 Å². The van der Waals surface area contributed by atoms with Gasteiger partial charge in [-0.15, -0.1) is 0 Å². The second-order valence-corrected chi connectivity index (χ2v) is 10.8. The average Bonchev–Trinajstić information content (AvgIpc) is 3.17. The SMILES string of the molecule is COC1CC(NC(=NCC2CCS(=O)(=O)C2)NC2CCCC2)C1(C)C. The highest BCUT2D eigenvalue weighted by Crippen LogP contribution is 2.42. The van der Waals surface area contributed by atoms with Gasteiger partial charge in [0.05, 0.1) is 17.6 Å². The Morgan fingerprint density at radius 2 is 1.92 bits per heavy atom. The largest absolute Gasteiger partial charge is 0.381 e. The number of guanidine groups is 1. The minimum Gasteiger partial charge on any atom is -0.381 e. The summed E-state index contributed by atoms with van der Waals surface area (Å²) in [7, 11) is -1.07. The summed E-state index contributed by atoms with van der Waals surface area (Å²) in [6, 6.07) is 0.817. The highest BCUT2D eigenvalue weighted by molar-refractivity contribution is 7.91. The predicted octanol–water partition coefficient (Wildman–Crippen LogP) is 1.71. The second kappa shape index (κ2) is 7.43. The predicted molar refractivity (Wildman–Crippen MR) is 101 cm³/mol. The minimum absolute atomic E-state index is 0.0730. The molecule has 1 saturated heterocycles. The smallest absolute Gasteiger partial charge is 0.191 e. The van der Waals surface area contributed by atoms with E-state index in [1.165, 1.54) is 25.7 Å². The van der Waals surface area contributed by atoms with Gasteiger partial charge in [-0.2, -0.15) is 0 Å². The third-order valence-corrected chi connectivity index (χ3v) is 8.14. The highest BCUT2D eigenvalue weighted by atomic mass is 32.2. The van der Waals surface area contributed by atoms with Crippen molar-refractivity contribution >= 4 is 15.8 Å². The van der Waals surface area contributed by atoms with Crippen LogP contribution in [-0.4, -0.2) is 57.7 Å². The van der Waals surface area contributed by atoms with Crippen LogP contribution in [0.3, 0.4) is 0 Å². The van der Waals surface area contributed by atoms with Gasteiger partial charge < -0.3 is 15.4 Å². The van der Waals surface area contributed by atoms with E-state index in [1.54, 1.807) is 7.11 Å². The molecule has 0 aromatic heterocycles. The molecular formula is C18H33N3O3S. The zero-order valence-corrected chi connectivity index (χ0v) is 16.6. The number of nitrogens with one attached hydrogen (secondary N) is 2. The number of nitrogens with zero attached hydrogens (tertiary/aromatic N) is 1. The van der Waals surface area contributed by atoms with Crippen molar-refractivity contribution in [3.63, 3.8) is 0 Å². The molecule has 2 N–H and O–H groups in total. The van der Waals surface area contributed by atoms with E-state index in [-0.39, 0.29) is 23.2 Å². The summed E-state index contributed by atoms with van der Waals surface area (Å²) in [5, 5.41) is 7.17. The molecule has 0 spiro atoms. The third-order valence-electron chi connectivity index (χ3n) is 6.30. The molecule has 3 atom stereocenters. The van der Waals surface area contributed by atoms with Crippen molar-refractivity contribution in [2.24, 2.45) is 16.3 Å². The fourth-order valence-corrected chi connectivity index (χ4v) is 6.18. The maximum atomic E-state index is 11.7. The van der Waals surface area contributed by atoms with Crippen LogP contribution in [0.1, 0.15) is 52.4 Å². The fourth-order valence-electron chi connectivity index (χ4n) is 4.33. The Labute approximate surface area is 152 Å². The molecule has 6 nitrogen and oxygen atoms in total. The van der Waals surface area contributed by atoms with Crippen LogP contribution in [0.25, 0.3) is 0 Å². The number of methoxy groups -OCH3 is 1. The van der Waals surface area contributed by atoms with Gasteiger partial charge in [-0.05, 0) is 31.6 Å². The fraction of sp³-hybridized carbons (Fsp3) is 0.944. The van der Waals surface area contributed by atoms with Crippen LogP contribution in [0.4, 0.5) is 0 Å². The van der Waals surface area contributed by atoms with Gasteiger partial charge in [0.25, 0.3) is 0 Å². The maximum Gasteiger partial charge on any atom is 0.191 e. The molecule has 0 radical (unpaired) electrons. The number of rotatable bonds is 5. The summed E-state index contributed by atoms with van der Waals surface area (Å²) in [5.74, 6) is 1.61. The zero-order valence-electron chi connectivity index (χ0n) is 15.8. The normalized spacial score (nSPS) is 34.7. The van der Waals surface area contributed by atoms with Crippen molar-refractivity contribution in [3.05, 3.63) is 0 Å². The van der Waals surface area contributed by atoms with Crippen molar-refractivity contribution in [1.82, 2.24) is 10.6 Å². The molecule has 0 aromatic rings. The van der Waals surface area contributed by atoms with E-state index in [9.17, 15) is 8.42 Å². The Hall–Kier alpha value is -0.820. The molecule has 1 heterocycles. The Morgan fingerprint density at radius 1 is 1.20 bits per heavy atom. The van der Waals surface area contributed by atoms with Crippen molar-refractivity contribution in [1.29, 1.82) is 0 Å². The number of ether oxygens (including phenoxy) is 1. The molecule has 2 saturated carbocycles. The molecule has 0 aromatic carbocycles. The van der Waals surface area contributed by atoms with Crippen molar-refractivity contribution in [3.8, 4) is 0 Å². The summed E-state index contributed by atoms with van der Waals surface area (Å²) >= 11 is 0. The lowest BCUT2D eigenvalue weighted by Gasteiger charge is -2.51. The van der Waals surface area contributed by atoms with Gasteiger partial charge in [0.15, 0.2) is 15.8 Å². The monoisotopic (exact) mass is 371 g/mol. The molecule has 25 heavy (non-hydrogen) atoms. The van der Waals surface area contributed by atoms with E-state index in [0.29, 0.717) is 24.4 Å². The lowest BCUT2D eigenvalue weighted by atomic mass is 9.64. The first-order chi connectivity index (χ1) is 11.8. The highest BCUT2D eigenvalue weighted by Gasteiger charge is 2.49. The summed E-state index contributed by atoms with van der Waals surface area (Å²) < 4.78 is 28.9. The first-order valence-corrected chi connectivity index (χ1v) is 11.4. The molecule has 3 unspecified atom stereocenters. The van der Waals surface area contributed by atoms with Gasteiger partial charge >= 0.3 is 0 Å². The Bertz CT molecular complexity index is 597. The molecule has 3 aliphatic rings. The van der Waals surface area contributed by atoms with Crippen LogP contribution in [0.15, 0.2) is 4.99 Å². The van der Waals surface area contributed by atoms with Crippen LogP contribution < -0.4 is 10.6 Å². The van der Waals surface area contributed by atoms with E-state index in [1.807, 2.05) is 0 Å². The number of hydrogen-bond donors (Lipinski definition) is 2. The van der Waals surface area contributed by atoms with Crippen LogP contribution in [-0.2, 0) is 14.6 Å². The second-order valence-electron chi connectivity index (χ2n) is 8.56. The molecule has 144 valence electrons. The first kappa shape index (κ1) is 19.0. The number of aliphatic imine (C=N–C) groups is 1. The van der Waals surface area contributed by atoms with Gasteiger partial charge in [0.2, 0.25) is 0 Å². The molecule has 0 bridgehead atoms. The van der Waals surface area contributed by atoms with Crippen molar-refractivity contribution < 1.29 is 13.2 Å².